The Morgan fingerprint density at radius 3 is 2.67 bits per heavy atom. The minimum atomic E-state index is -2.96. The molecule has 0 unspecified atom stereocenters. The summed E-state index contributed by atoms with van der Waals surface area (Å²) >= 11 is 0. The van der Waals surface area contributed by atoms with Gasteiger partial charge in [-0.15, -0.1) is 0 Å². The van der Waals surface area contributed by atoms with E-state index >= 15 is 0 Å². The summed E-state index contributed by atoms with van der Waals surface area (Å²) in [5, 5.41) is 2.66. The highest BCUT2D eigenvalue weighted by Crippen LogP contribution is 2.11. The van der Waals surface area contributed by atoms with E-state index in [1.54, 1.807) is 12.1 Å². The summed E-state index contributed by atoms with van der Waals surface area (Å²) in [6.45, 7) is -0.0967. The van der Waals surface area contributed by atoms with E-state index in [9.17, 15) is 13.2 Å². The molecule has 1 atom stereocenters. The van der Waals surface area contributed by atoms with Crippen molar-refractivity contribution in [2.45, 2.75) is 12.5 Å². The van der Waals surface area contributed by atoms with E-state index < -0.39 is 9.84 Å². The SMILES string of the molecule is O=C(COc1ccccc1)N[C@@H]1CCS(=O)(=O)C1. The van der Waals surface area contributed by atoms with Crippen LogP contribution in [0.3, 0.4) is 0 Å². The van der Waals surface area contributed by atoms with Gasteiger partial charge in [0.25, 0.3) is 5.91 Å². The molecular weight excluding hydrogens is 254 g/mol. The third kappa shape index (κ3) is 3.73. The summed E-state index contributed by atoms with van der Waals surface area (Å²) in [4.78, 5) is 11.6. The van der Waals surface area contributed by atoms with Crippen LogP contribution in [0.25, 0.3) is 0 Å². The second kappa shape index (κ2) is 5.39. The van der Waals surface area contributed by atoms with Crippen LogP contribution in [0.5, 0.6) is 5.75 Å². The van der Waals surface area contributed by atoms with E-state index in [0.29, 0.717) is 12.2 Å². The molecule has 1 aliphatic rings. The molecule has 1 amide bonds. The fourth-order valence-electron chi connectivity index (χ4n) is 1.84. The number of amides is 1. The molecule has 0 radical (unpaired) electrons. The predicted octanol–water partition coefficient (Wildman–Crippen LogP) is 0.369. The molecule has 0 aliphatic carbocycles. The number of ether oxygens (including phenoxy) is 1. The van der Waals surface area contributed by atoms with Gasteiger partial charge in [0.15, 0.2) is 16.4 Å². The number of nitrogens with one attached hydrogen (secondary N) is 1. The topological polar surface area (TPSA) is 72.5 Å². The van der Waals surface area contributed by atoms with Crippen LogP contribution in [-0.4, -0.2) is 38.5 Å². The molecule has 6 heteroatoms. The highest BCUT2D eigenvalue weighted by atomic mass is 32.2. The van der Waals surface area contributed by atoms with Gasteiger partial charge >= 0.3 is 0 Å². The molecule has 5 nitrogen and oxygen atoms in total. The van der Waals surface area contributed by atoms with Gasteiger partial charge in [0, 0.05) is 6.04 Å². The van der Waals surface area contributed by atoms with E-state index in [2.05, 4.69) is 5.32 Å². The van der Waals surface area contributed by atoms with E-state index in [0.717, 1.165) is 0 Å². The maximum atomic E-state index is 11.6. The third-order valence-electron chi connectivity index (χ3n) is 2.71. The van der Waals surface area contributed by atoms with Crippen LogP contribution in [0.15, 0.2) is 30.3 Å². The van der Waals surface area contributed by atoms with Crippen molar-refractivity contribution in [3.63, 3.8) is 0 Å². The molecule has 1 heterocycles. The highest BCUT2D eigenvalue weighted by Gasteiger charge is 2.28. The van der Waals surface area contributed by atoms with Gasteiger partial charge in [0.05, 0.1) is 11.5 Å². The summed E-state index contributed by atoms with van der Waals surface area (Å²) in [5.74, 6) is 0.509. The fraction of sp³-hybridized carbons (Fsp3) is 0.417. The lowest BCUT2D eigenvalue weighted by atomic mass is 10.2. The van der Waals surface area contributed by atoms with Crippen LogP contribution in [0.2, 0.25) is 0 Å². The zero-order valence-corrected chi connectivity index (χ0v) is 10.7. The molecule has 0 bridgehead atoms. The summed E-state index contributed by atoms with van der Waals surface area (Å²) in [6.07, 6.45) is 0.486. The summed E-state index contributed by atoms with van der Waals surface area (Å²) in [7, 11) is -2.96. The number of hydrogen-bond donors (Lipinski definition) is 1. The van der Waals surface area contributed by atoms with Crippen molar-refractivity contribution < 1.29 is 17.9 Å². The number of hydrogen-bond acceptors (Lipinski definition) is 4. The van der Waals surface area contributed by atoms with E-state index in [1.807, 2.05) is 18.2 Å². The second-order valence-electron chi connectivity index (χ2n) is 4.27. The average Bonchev–Trinajstić information content (AvgIpc) is 2.67. The molecule has 2 rings (SSSR count). The molecular formula is C12H15NO4S. The van der Waals surface area contributed by atoms with Crippen molar-refractivity contribution in [1.82, 2.24) is 5.32 Å². The van der Waals surface area contributed by atoms with Gasteiger partial charge < -0.3 is 10.1 Å². The van der Waals surface area contributed by atoms with Crippen LogP contribution < -0.4 is 10.1 Å². The zero-order chi connectivity index (χ0) is 13.0. The Bertz CT molecular complexity index is 512. The first-order valence-corrected chi connectivity index (χ1v) is 7.55. The number of rotatable bonds is 4. The smallest absolute Gasteiger partial charge is 0.258 e. The molecule has 0 saturated carbocycles. The average molecular weight is 269 g/mol. The predicted molar refractivity (Wildman–Crippen MR) is 67.1 cm³/mol. The van der Waals surface area contributed by atoms with Crippen molar-refractivity contribution in [2.75, 3.05) is 18.1 Å². The van der Waals surface area contributed by atoms with Gasteiger partial charge in [-0.2, -0.15) is 0 Å². The van der Waals surface area contributed by atoms with Crippen LogP contribution in [0.4, 0.5) is 0 Å². The van der Waals surface area contributed by atoms with Gasteiger partial charge in [0.2, 0.25) is 0 Å². The van der Waals surface area contributed by atoms with Gasteiger partial charge in [-0.05, 0) is 18.6 Å². The van der Waals surface area contributed by atoms with E-state index in [1.165, 1.54) is 0 Å². The third-order valence-corrected chi connectivity index (χ3v) is 4.48. The molecule has 18 heavy (non-hydrogen) atoms. The lowest BCUT2D eigenvalue weighted by Gasteiger charge is -2.11. The first-order valence-electron chi connectivity index (χ1n) is 5.73. The largest absolute Gasteiger partial charge is 0.484 e. The molecule has 98 valence electrons. The van der Waals surface area contributed by atoms with Crippen molar-refractivity contribution in [2.24, 2.45) is 0 Å². The van der Waals surface area contributed by atoms with Crippen LogP contribution in [-0.2, 0) is 14.6 Å². The Morgan fingerprint density at radius 2 is 2.06 bits per heavy atom. The second-order valence-corrected chi connectivity index (χ2v) is 6.50. The quantitative estimate of drug-likeness (QED) is 0.857. The number of carbonyl (C=O) groups is 1. The summed E-state index contributed by atoms with van der Waals surface area (Å²) < 4.78 is 27.7. The first kappa shape index (κ1) is 12.9. The van der Waals surface area contributed by atoms with Crippen molar-refractivity contribution >= 4 is 15.7 Å². The fourth-order valence-corrected chi connectivity index (χ4v) is 3.52. The minimum Gasteiger partial charge on any atom is -0.484 e. The molecule has 1 N–H and O–H groups in total. The molecule has 1 aromatic carbocycles. The molecule has 0 spiro atoms. The summed E-state index contributed by atoms with van der Waals surface area (Å²) in [6, 6.07) is 8.73. The van der Waals surface area contributed by atoms with Gasteiger partial charge in [-0.1, -0.05) is 18.2 Å². The Hall–Kier alpha value is -1.56. The van der Waals surface area contributed by atoms with E-state index in [-0.39, 0.29) is 30.1 Å². The van der Waals surface area contributed by atoms with E-state index in [4.69, 9.17) is 4.74 Å². The van der Waals surface area contributed by atoms with Crippen molar-refractivity contribution in [1.29, 1.82) is 0 Å². The Morgan fingerprint density at radius 1 is 1.33 bits per heavy atom. The van der Waals surface area contributed by atoms with Gasteiger partial charge in [-0.3, -0.25) is 4.79 Å². The first-order chi connectivity index (χ1) is 8.55. The Kier molecular flexibility index (Phi) is 3.86. The Balaban J connectivity index is 1.76. The number of carbonyl (C=O) groups excluding carboxylic acids is 1. The standard InChI is InChI=1S/C12H15NO4S/c14-12(8-17-11-4-2-1-3-5-11)13-10-6-7-18(15,16)9-10/h1-5,10H,6-9H2,(H,13,14)/t10-/m1/s1. The van der Waals surface area contributed by atoms with Gasteiger partial charge in [-0.25, -0.2) is 8.42 Å². The zero-order valence-electron chi connectivity index (χ0n) is 9.83. The maximum absolute atomic E-state index is 11.6. The molecule has 1 saturated heterocycles. The highest BCUT2D eigenvalue weighted by molar-refractivity contribution is 7.91. The molecule has 1 aromatic rings. The molecule has 0 aromatic heterocycles. The molecule has 1 fully saturated rings. The number of para-hydroxylation sites is 1. The lowest BCUT2D eigenvalue weighted by molar-refractivity contribution is -0.123. The monoisotopic (exact) mass is 269 g/mol. The molecule has 1 aliphatic heterocycles. The normalized spacial score (nSPS) is 21.4. The number of sulfone groups is 1. The van der Waals surface area contributed by atoms with Crippen molar-refractivity contribution in [3.8, 4) is 5.75 Å². The van der Waals surface area contributed by atoms with Crippen molar-refractivity contribution in [3.05, 3.63) is 30.3 Å². The maximum Gasteiger partial charge on any atom is 0.258 e. The lowest BCUT2D eigenvalue weighted by Crippen LogP contribution is -2.38. The van der Waals surface area contributed by atoms with Crippen LogP contribution in [0, 0.1) is 0 Å². The summed E-state index contributed by atoms with van der Waals surface area (Å²) in [5.41, 5.74) is 0. The van der Waals surface area contributed by atoms with Gasteiger partial charge in [0.1, 0.15) is 5.75 Å². The number of benzene rings is 1. The minimum absolute atomic E-state index is 0.0318. The van der Waals surface area contributed by atoms with Crippen LogP contribution >= 0.6 is 0 Å². The Labute approximate surface area is 106 Å². The van der Waals surface area contributed by atoms with Crippen LogP contribution in [0.1, 0.15) is 6.42 Å².